The van der Waals surface area contributed by atoms with Gasteiger partial charge in [-0.05, 0) is 57.0 Å². The molecule has 8 heteroatoms. The van der Waals surface area contributed by atoms with Crippen LogP contribution in [0.25, 0.3) is 11.1 Å². The van der Waals surface area contributed by atoms with Gasteiger partial charge in [-0.25, -0.2) is 4.98 Å². The number of anilines is 2. The molecule has 0 atom stereocenters. The number of hydrogen-bond acceptors (Lipinski definition) is 7. The topological polar surface area (TPSA) is 83.7 Å². The Morgan fingerprint density at radius 1 is 1.13 bits per heavy atom. The smallest absolute Gasteiger partial charge is 0.291 e. The van der Waals surface area contributed by atoms with Crippen molar-refractivity contribution in [3.05, 3.63) is 41.9 Å². The van der Waals surface area contributed by atoms with Gasteiger partial charge in [0, 0.05) is 37.4 Å². The molecule has 31 heavy (non-hydrogen) atoms. The number of nitrogens with zero attached hydrogens (tertiary/aromatic N) is 4. The first-order valence-electron chi connectivity index (χ1n) is 10.7. The number of methoxy groups -OCH3 is 1. The summed E-state index contributed by atoms with van der Waals surface area (Å²) in [6.45, 7) is 6.78. The van der Waals surface area contributed by atoms with Gasteiger partial charge in [0.25, 0.3) is 5.91 Å². The van der Waals surface area contributed by atoms with E-state index in [0.29, 0.717) is 24.6 Å². The standard InChI is InChI=1S/C23H27N5O3/c1-15-14-18-19(26-23(2)8-9-23)24-20(25-21(18)31-15)22(29)28-12-10-27(11-13-28)16-4-6-17(30-3)7-5-16/h4-7,14H,8-13H2,1-3H3,(H,24,25,26). The van der Waals surface area contributed by atoms with Gasteiger partial charge in [-0.1, -0.05) is 0 Å². The van der Waals surface area contributed by atoms with E-state index in [1.807, 2.05) is 42.2 Å². The number of furan rings is 1. The Morgan fingerprint density at radius 3 is 2.48 bits per heavy atom. The number of carbonyl (C=O) groups excluding carboxylic acids is 1. The summed E-state index contributed by atoms with van der Waals surface area (Å²) in [5.74, 6) is 2.30. The van der Waals surface area contributed by atoms with Crippen LogP contribution >= 0.6 is 0 Å². The maximum atomic E-state index is 13.2. The Hall–Kier alpha value is -3.29. The Labute approximate surface area is 181 Å². The molecule has 5 rings (SSSR count). The lowest BCUT2D eigenvalue weighted by Crippen LogP contribution is -2.49. The van der Waals surface area contributed by atoms with Crippen LogP contribution in [0.2, 0.25) is 0 Å². The van der Waals surface area contributed by atoms with E-state index < -0.39 is 0 Å². The first-order valence-corrected chi connectivity index (χ1v) is 10.7. The SMILES string of the molecule is COc1ccc(N2CCN(C(=O)c3nc(NC4(C)CC4)c4cc(C)oc4n3)CC2)cc1. The lowest BCUT2D eigenvalue weighted by Gasteiger charge is -2.35. The molecule has 0 radical (unpaired) electrons. The minimum atomic E-state index is -0.158. The zero-order chi connectivity index (χ0) is 21.6. The number of rotatable bonds is 5. The Kier molecular flexibility index (Phi) is 4.72. The van der Waals surface area contributed by atoms with Crippen LogP contribution in [0, 0.1) is 6.92 Å². The number of hydrogen-bond donors (Lipinski definition) is 1. The van der Waals surface area contributed by atoms with Gasteiger partial charge in [0.05, 0.1) is 12.5 Å². The van der Waals surface area contributed by atoms with Crippen molar-refractivity contribution in [2.45, 2.75) is 32.2 Å². The number of carbonyl (C=O) groups is 1. The molecule has 2 aliphatic rings. The average Bonchev–Trinajstić information content (AvgIpc) is 3.38. The van der Waals surface area contributed by atoms with Crippen molar-refractivity contribution in [3.8, 4) is 5.75 Å². The first kappa shape index (κ1) is 19.7. The van der Waals surface area contributed by atoms with E-state index >= 15 is 0 Å². The molecule has 0 spiro atoms. The zero-order valence-electron chi connectivity index (χ0n) is 18.1. The van der Waals surface area contributed by atoms with E-state index in [2.05, 4.69) is 27.1 Å². The van der Waals surface area contributed by atoms with Gasteiger partial charge in [0.2, 0.25) is 11.5 Å². The molecule has 1 N–H and O–H groups in total. The number of nitrogens with one attached hydrogen (secondary N) is 1. The minimum Gasteiger partial charge on any atom is -0.497 e. The van der Waals surface area contributed by atoms with Crippen molar-refractivity contribution < 1.29 is 13.9 Å². The predicted octanol–water partition coefficient (Wildman–Crippen LogP) is 3.47. The second-order valence-electron chi connectivity index (χ2n) is 8.63. The number of aryl methyl sites for hydroxylation is 1. The van der Waals surface area contributed by atoms with Crippen LogP contribution in [0.3, 0.4) is 0 Å². The highest BCUT2D eigenvalue weighted by atomic mass is 16.5. The summed E-state index contributed by atoms with van der Waals surface area (Å²) in [6.07, 6.45) is 2.18. The third kappa shape index (κ3) is 3.89. The second-order valence-corrected chi connectivity index (χ2v) is 8.63. The summed E-state index contributed by atoms with van der Waals surface area (Å²) in [7, 11) is 1.66. The van der Waals surface area contributed by atoms with Crippen molar-refractivity contribution in [2.24, 2.45) is 0 Å². The molecule has 8 nitrogen and oxygen atoms in total. The third-order valence-electron chi connectivity index (χ3n) is 6.13. The quantitative estimate of drug-likeness (QED) is 0.675. The molecule has 2 fully saturated rings. The van der Waals surface area contributed by atoms with Gasteiger partial charge >= 0.3 is 0 Å². The summed E-state index contributed by atoms with van der Waals surface area (Å²) in [5.41, 5.74) is 1.62. The third-order valence-corrected chi connectivity index (χ3v) is 6.13. The van der Waals surface area contributed by atoms with E-state index in [1.54, 1.807) is 7.11 Å². The fourth-order valence-corrected chi connectivity index (χ4v) is 3.93. The normalized spacial score (nSPS) is 17.6. The molecule has 162 valence electrons. The number of fused-ring (bicyclic) bond motifs is 1. The van der Waals surface area contributed by atoms with Crippen molar-refractivity contribution >= 4 is 28.5 Å². The van der Waals surface area contributed by atoms with Crippen molar-refractivity contribution in [2.75, 3.05) is 43.5 Å². The molecule has 0 unspecified atom stereocenters. The average molecular weight is 422 g/mol. The minimum absolute atomic E-state index is 0.0385. The van der Waals surface area contributed by atoms with Gasteiger partial charge in [0.1, 0.15) is 17.3 Å². The summed E-state index contributed by atoms with van der Waals surface area (Å²) >= 11 is 0. The molecule has 1 saturated heterocycles. The van der Waals surface area contributed by atoms with Gasteiger partial charge in [0.15, 0.2) is 0 Å². The molecular weight excluding hydrogens is 394 g/mol. The lowest BCUT2D eigenvalue weighted by atomic mass is 10.2. The summed E-state index contributed by atoms with van der Waals surface area (Å²) in [5, 5.41) is 4.31. The van der Waals surface area contributed by atoms with Gasteiger partial charge < -0.3 is 24.3 Å². The number of aromatic nitrogens is 2. The maximum absolute atomic E-state index is 13.2. The van der Waals surface area contributed by atoms with Crippen molar-refractivity contribution in [3.63, 3.8) is 0 Å². The highest BCUT2D eigenvalue weighted by molar-refractivity contribution is 5.95. The number of ether oxygens (including phenoxy) is 1. The van der Waals surface area contributed by atoms with Crippen LogP contribution in [0.4, 0.5) is 11.5 Å². The fourth-order valence-electron chi connectivity index (χ4n) is 3.93. The molecule has 2 aromatic heterocycles. The highest BCUT2D eigenvalue weighted by Crippen LogP contribution is 2.39. The van der Waals surface area contributed by atoms with Crippen LogP contribution < -0.4 is 15.0 Å². The fraction of sp³-hybridized carbons (Fsp3) is 0.435. The van der Waals surface area contributed by atoms with E-state index in [9.17, 15) is 4.79 Å². The lowest BCUT2D eigenvalue weighted by molar-refractivity contribution is 0.0734. The van der Waals surface area contributed by atoms with Crippen LogP contribution in [0.5, 0.6) is 5.75 Å². The molecule has 3 heterocycles. The molecule has 1 aliphatic heterocycles. The Morgan fingerprint density at radius 2 is 1.84 bits per heavy atom. The number of benzene rings is 1. The van der Waals surface area contributed by atoms with Gasteiger partial charge in [-0.3, -0.25) is 4.79 Å². The van der Waals surface area contributed by atoms with Crippen LogP contribution in [0.15, 0.2) is 34.7 Å². The maximum Gasteiger partial charge on any atom is 0.291 e. The van der Waals surface area contributed by atoms with Crippen LogP contribution in [0.1, 0.15) is 36.1 Å². The summed E-state index contributed by atoms with van der Waals surface area (Å²) in [4.78, 5) is 26.3. The molecule has 1 aromatic carbocycles. The van der Waals surface area contributed by atoms with Crippen molar-refractivity contribution in [1.82, 2.24) is 14.9 Å². The monoisotopic (exact) mass is 421 g/mol. The van der Waals surface area contributed by atoms with Crippen LogP contribution in [-0.2, 0) is 0 Å². The van der Waals surface area contributed by atoms with E-state index in [1.165, 1.54) is 0 Å². The van der Waals surface area contributed by atoms with Crippen molar-refractivity contribution in [1.29, 1.82) is 0 Å². The first-order chi connectivity index (χ1) is 14.9. The molecule has 1 amide bonds. The van der Waals surface area contributed by atoms with Gasteiger partial charge in [-0.2, -0.15) is 4.98 Å². The Balaban J connectivity index is 1.33. The Bertz CT molecular complexity index is 1110. The van der Waals surface area contributed by atoms with Gasteiger partial charge in [-0.15, -0.1) is 0 Å². The molecule has 3 aromatic rings. The number of piperazine rings is 1. The molecule has 1 saturated carbocycles. The zero-order valence-corrected chi connectivity index (χ0v) is 18.1. The van der Waals surface area contributed by atoms with E-state index in [0.717, 1.165) is 48.5 Å². The number of amides is 1. The largest absolute Gasteiger partial charge is 0.497 e. The second kappa shape index (κ2) is 7.44. The highest BCUT2D eigenvalue weighted by Gasteiger charge is 2.38. The predicted molar refractivity (Wildman–Crippen MR) is 119 cm³/mol. The van der Waals surface area contributed by atoms with E-state index in [-0.39, 0.29) is 17.3 Å². The molecule has 1 aliphatic carbocycles. The summed E-state index contributed by atoms with van der Waals surface area (Å²) in [6, 6.07) is 9.92. The molecule has 0 bridgehead atoms. The molecular formula is C23H27N5O3. The van der Waals surface area contributed by atoms with E-state index in [4.69, 9.17) is 9.15 Å². The summed E-state index contributed by atoms with van der Waals surface area (Å²) < 4.78 is 11.0. The van der Waals surface area contributed by atoms with Crippen LogP contribution in [-0.4, -0.2) is 59.6 Å².